The van der Waals surface area contributed by atoms with Gasteiger partial charge in [0, 0.05) is 6.42 Å². The molecular formula is C25H29N5O3. The molecule has 1 aliphatic heterocycles. The Morgan fingerprint density at radius 2 is 1.94 bits per heavy atom. The van der Waals surface area contributed by atoms with Crippen molar-refractivity contribution in [2.75, 3.05) is 18.2 Å². The average molecular weight is 448 g/mol. The number of hydrogen-bond acceptors (Lipinski definition) is 8. The van der Waals surface area contributed by atoms with Crippen LogP contribution in [0.15, 0.2) is 29.4 Å². The van der Waals surface area contributed by atoms with Gasteiger partial charge < -0.3 is 9.47 Å². The first-order valence-electron chi connectivity index (χ1n) is 11.6. The standard InChI is InChI=1S/C25H29N5O3/c1-4-32-24-19(25(31)33-5-2)11-12-20(28-24)21-14-22(17-8-6-7-9-17)30(29-21)23-13-10-18(15-26)16(3)27-23/h10-13,17,22H,4-9,14H2,1-3H3/t22-/m1/s1. The molecule has 0 bridgehead atoms. The van der Waals surface area contributed by atoms with Crippen LogP contribution in [-0.2, 0) is 4.74 Å². The number of esters is 1. The Balaban J connectivity index is 1.70. The van der Waals surface area contributed by atoms with E-state index in [1.54, 1.807) is 25.1 Å². The number of aryl methyl sites for hydroxylation is 1. The number of carbonyl (C=O) groups is 1. The Morgan fingerprint density at radius 3 is 2.61 bits per heavy atom. The van der Waals surface area contributed by atoms with Crippen molar-refractivity contribution in [1.29, 1.82) is 5.26 Å². The molecule has 0 saturated heterocycles. The SMILES string of the molecule is CCOC(=O)c1ccc(C2=NN(c3ccc(C#N)c(C)n3)[C@@H](C3CCCC3)C2)nc1OCC. The van der Waals surface area contributed by atoms with Crippen molar-refractivity contribution >= 4 is 17.5 Å². The monoisotopic (exact) mass is 447 g/mol. The van der Waals surface area contributed by atoms with Gasteiger partial charge in [0.2, 0.25) is 5.88 Å². The Hall–Kier alpha value is -3.47. The van der Waals surface area contributed by atoms with Crippen LogP contribution in [0.1, 0.15) is 73.3 Å². The molecule has 8 nitrogen and oxygen atoms in total. The summed E-state index contributed by atoms with van der Waals surface area (Å²) in [5.41, 5.74) is 3.10. The summed E-state index contributed by atoms with van der Waals surface area (Å²) in [5.74, 6) is 1.08. The summed E-state index contributed by atoms with van der Waals surface area (Å²) < 4.78 is 10.8. The second kappa shape index (κ2) is 9.99. The van der Waals surface area contributed by atoms with Crippen LogP contribution < -0.4 is 9.75 Å². The smallest absolute Gasteiger partial charge is 0.343 e. The van der Waals surface area contributed by atoms with Crippen molar-refractivity contribution in [1.82, 2.24) is 9.97 Å². The zero-order chi connectivity index (χ0) is 23.4. The summed E-state index contributed by atoms with van der Waals surface area (Å²) >= 11 is 0. The van der Waals surface area contributed by atoms with Gasteiger partial charge in [-0.2, -0.15) is 10.4 Å². The second-order valence-corrected chi connectivity index (χ2v) is 8.32. The van der Waals surface area contributed by atoms with Crippen LogP contribution in [0.5, 0.6) is 5.88 Å². The van der Waals surface area contributed by atoms with Gasteiger partial charge in [-0.05, 0) is 63.8 Å². The van der Waals surface area contributed by atoms with Crippen LogP contribution in [0.4, 0.5) is 5.82 Å². The Labute approximate surface area is 194 Å². The average Bonchev–Trinajstić information content (AvgIpc) is 3.49. The number of rotatable bonds is 7. The van der Waals surface area contributed by atoms with Gasteiger partial charge in [0.15, 0.2) is 0 Å². The van der Waals surface area contributed by atoms with Crippen LogP contribution >= 0.6 is 0 Å². The van der Waals surface area contributed by atoms with Gasteiger partial charge in [0.05, 0.1) is 41.9 Å². The zero-order valence-corrected chi connectivity index (χ0v) is 19.4. The number of ether oxygens (including phenoxy) is 2. The predicted molar refractivity (Wildman–Crippen MR) is 124 cm³/mol. The Kier molecular flexibility index (Phi) is 6.87. The van der Waals surface area contributed by atoms with Crippen LogP contribution in [0, 0.1) is 24.2 Å². The fourth-order valence-corrected chi connectivity index (χ4v) is 4.62. The van der Waals surface area contributed by atoms with Crippen molar-refractivity contribution in [3.8, 4) is 11.9 Å². The highest BCUT2D eigenvalue weighted by Gasteiger charge is 2.37. The van der Waals surface area contributed by atoms with Gasteiger partial charge in [0.1, 0.15) is 17.5 Å². The molecule has 0 spiro atoms. The summed E-state index contributed by atoms with van der Waals surface area (Å²) in [4.78, 5) is 21.6. The Bertz CT molecular complexity index is 1100. The third-order valence-electron chi connectivity index (χ3n) is 6.25. The van der Waals surface area contributed by atoms with Gasteiger partial charge in [-0.25, -0.2) is 19.8 Å². The fourth-order valence-electron chi connectivity index (χ4n) is 4.62. The summed E-state index contributed by atoms with van der Waals surface area (Å²) in [5, 5.41) is 16.2. The van der Waals surface area contributed by atoms with E-state index in [-0.39, 0.29) is 18.5 Å². The van der Waals surface area contributed by atoms with E-state index in [2.05, 4.69) is 16.0 Å². The molecule has 2 aliphatic rings. The first-order valence-corrected chi connectivity index (χ1v) is 11.6. The maximum atomic E-state index is 12.3. The molecule has 4 rings (SSSR count). The lowest BCUT2D eigenvalue weighted by atomic mass is 9.93. The van der Waals surface area contributed by atoms with Crippen LogP contribution in [0.25, 0.3) is 0 Å². The van der Waals surface area contributed by atoms with Gasteiger partial charge in [-0.1, -0.05) is 12.8 Å². The molecule has 0 aromatic carbocycles. The van der Waals surface area contributed by atoms with E-state index in [0.29, 0.717) is 35.0 Å². The molecule has 2 aromatic rings. The molecule has 0 unspecified atom stereocenters. The molecule has 0 amide bonds. The number of nitriles is 1. The number of pyridine rings is 2. The quantitative estimate of drug-likeness (QED) is 0.580. The highest BCUT2D eigenvalue weighted by molar-refractivity contribution is 6.02. The minimum absolute atomic E-state index is 0.185. The van der Waals surface area contributed by atoms with E-state index >= 15 is 0 Å². The van der Waals surface area contributed by atoms with Crippen molar-refractivity contribution in [2.45, 2.75) is 58.9 Å². The van der Waals surface area contributed by atoms with E-state index in [4.69, 9.17) is 14.6 Å². The third kappa shape index (κ3) is 4.68. The fraction of sp³-hybridized carbons (Fsp3) is 0.480. The van der Waals surface area contributed by atoms with Crippen molar-refractivity contribution in [3.63, 3.8) is 0 Å². The number of hydrazone groups is 1. The van der Waals surface area contributed by atoms with Crippen molar-refractivity contribution < 1.29 is 14.3 Å². The molecular weight excluding hydrogens is 418 g/mol. The molecule has 1 aliphatic carbocycles. The molecule has 1 fully saturated rings. The van der Waals surface area contributed by atoms with E-state index in [1.807, 2.05) is 24.9 Å². The van der Waals surface area contributed by atoms with Crippen molar-refractivity contribution in [3.05, 3.63) is 46.8 Å². The van der Waals surface area contributed by atoms with E-state index in [9.17, 15) is 10.1 Å². The van der Waals surface area contributed by atoms with Crippen molar-refractivity contribution in [2.24, 2.45) is 11.0 Å². The third-order valence-corrected chi connectivity index (χ3v) is 6.25. The Morgan fingerprint density at radius 1 is 1.15 bits per heavy atom. The van der Waals surface area contributed by atoms with E-state index in [0.717, 1.165) is 18.0 Å². The minimum atomic E-state index is -0.448. The molecule has 0 radical (unpaired) electrons. The number of carbonyl (C=O) groups excluding carboxylic acids is 1. The summed E-state index contributed by atoms with van der Waals surface area (Å²) in [7, 11) is 0. The molecule has 33 heavy (non-hydrogen) atoms. The highest BCUT2D eigenvalue weighted by Crippen LogP contribution is 2.38. The van der Waals surface area contributed by atoms with E-state index in [1.165, 1.54) is 25.7 Å². The number of aromatic nitrogens is 2. The van der Waals surface area contributed by atoms with Gasteiger partial charge in [0.25, 0.3) is 0 Å². The first kappa shape index (κ1) is 22.7. The molecule has 1 saturated carbocycles. The van der Waals surface area contributed by atoms with Crippen LogP contribution in [0.3, 0.4) is 0 Å². The lowest BCUT2D eigenvalue weighted by Crippen LogP contribution is -2.33. The molecule has 2 aromatic heterocycles. The second-order valence-electron chi connectivity index (χ2n) is 8.32. The number of nitrogens with zero attached hydrogens (tertiary/aromatic N) is 5. The molecule has 0 N–H and O–H groups in total. The largest absolute Gasteiger partial charge is 0.477 e. The number of hydrogen-bond donors (Lipinski definition) is 0. The van der Waals surface area contributed by atoms with Crippen LogP contribution in [0.2, 0.25) is 0 Å². The lowest BCUT2D eigenvalue weighted by molar-refractivity contribution is 0.0521. The minimum Gasteiger partial charge on any atom is -0.477 e. The lowest BCUT2D eigenvalue weighted by Gasteiger charge is -2.27. The zero-order valence-electron chi connectivity index (χ0n) is 19.4. The maximum absolute atomic E-state index is 12.3. The van der Waals surface area contributed by atoms with E-state index < -0.39 is 5.97 Å². The van der Waals surface area contributed by atoms with Crippen LogP contribution in [-0.4, -0.2) is 40.9 Å². The topological polar surface area (TPSA) is 101 Å². The normalized spacial score (nSPS) is 18.2. The van der Waals surface area contributed by atoms with Gasteiger partial charge in [-0.15, -0.1) is 0 Å². The van der Waals surface area contributed by atoms with Gasteiger partial charge >= 0.3 is 5.97 Å². The maximum Gasteiger partial charge on any atom is 0.343 e. The highest BCUT2D eigenvalue weighted by atomic mass is 16.5. The van der Waals surface area contributed by atoms with Gasteiger partial charge in [-0.3, -0.25) is 0 Å². The molecule has 8 heteroatoms. The first-order chi connectivity index (χ1) is 16.0. The summed E-state index contributed by atoms with van der Waals surface area (Å²) in [6.07, 6.45) is 5.52. The predicted octanol–water partition coefficient (Wildman–Crippen LogP) is 4.41. The molecule has 172 valence electrons. The molecule has 3 heterocycles. The number of anilines is 1. The summed E-state index contributed by atoms with van der Waals surface area (Å²) in [6, 6.07) is 9.53. The molecule has 1 atom stereocenters. The summed E-state index contributed by atoms with van der Waals surface area (Å²) in [6.45, 7) is 6.14.